The predicted octanol–water partition coefficient (Wildman–Crippen LogP) is 3.56. The molecule has 2 heterocycles. The molecule has 1 fully saturated rings. The second-order valence-corrected chi connectivity index (χ2v) is 7.21. The standard InChI is InChI=1S/C20H18ClN5O/c1-26(2)20(27)16-8-12(4-5-17(16)21)14-9-15(14)13-10-24-19(25-11-13)18-22-6-3-7-23-18/h3-8,10-11,14-15H,9H2,1-2H3/t14-,15-/m0/s1. The molecule has 1 aliphatic rings. The smallest absolute Gasteiger partial charge is 0.254 e. The van der Waals surface area contributed by atoms with Gasteiger partial charge in [-0.3, -0.25) is 4.79 Å². The van der Waals surface area contributed by atoms with Crippen LogP contribution in [0.2, 0.25) is 5.02 Å². The van der Waals surface area contributed by atoms with Gasteiger partial charge in [0, 0.05) is 38.9 Å². The molecule has 136 valence electrons. The van der Waals surface area contributed by atoms with Crippen LogP contribution in [0.1, 0.15) is 39.7 Å². The first-order valence-electron chi connectivity index (χ1n) is 8.65. The predicted molar refractivity (Wildman–Crippen MR) is 103 cm³/mol. The van der Waals surface area contributed by atoms with Gasteiger partial charge < -0.3 is 4.90 Å². The van der Waals surface area contributed by atoms with Gasteiger partial charge in [0.15, 0.2) is 11.6 Å². The van der Waals surface area contributed by atoms with E-state index in [2.05, 4.69) is 19.9 Å². The molecule has 3 aromatic rings. The fourth-order valence-electron chi connectivity index (χ4n) is 3.17. The minimum Gasteiger partial charge on any atom is -0.345 e. The van der Waals surface area contributed by atoms with Crippen molar-refractivity contribution in [3.63, 3.8) is 0 Å². The van der Waals surface area contributed by atoms with E-state index in [1.165, 1.54) is 4.90 Å². The van der Waals surface area contributed by atoms with Crippen LogP contribution in [0.4, 0.5) is 0 Å². The Morgan fingerprint density at radius 1 is 1.00 bits per heavy atom. The maximum absolute atomic E-state index is 12.3. The number of carbonyl (C=O) groups excluding carboxylic acids is 1. The summed E-state index contributed by atoms with van der Waals surface area (Å²) in [5, 5.41) is 0.477. The van der Waals surface area contributed by atoms with E-state index in [0.717, 1.165) is 17.5 Å². The van der Waals surface area contributed by atoms with Crippen LogP contribution in [0.15, 0.2) is 49.1 Å². The van der Waals surface area contributed by atoms with Gasteiger partial charge >= 0.3 is 0 Å². The van der Waals surface area contributed by atoms with Crippen molar-refractivity contribution in [3.8, 4) is 11.6 Å². The summed E-state index contributed by atoms with van der Waals surface area (Å²) in [5.41, 5.74) is 2.73. The van der Waals surface area contributed by atoms with Gasteiger partial charge in [0.05, 0.1) is 10.6 Å². The first-order chi connectivity index (χ1) is 13.0. The SMILES string of the molecule is CN(C)C(=O)c1cc([C@@H]2C[C@H]2c2cnc(-c3ncccn3)nc2)ccc1Cl. The molecule has 6 nitrogen and oxygen atoms in total. The molecule has 7 heteroatoms. The molecule has 0 aliphatic heterocycles. The molecule has 1 amide bonds. The molecule has 0 radical (unpaired) electrons. The summed E-state index contributed by atoms with van der Waals surface area (Å²) < 4.78 is 0. The highest BCUT2D eigenvalue weighted by molar-refractivity contribution is 6.33. The largest absolute Gasteiger partial charge is 0.345 e. The number of nitrogens with zero attached hydrogens (tertiary/aromatic N) is 5. The summed E-state index contributed by atoms with van der Waals surface area (Å²) in [5.74, 6) is 1.63. The zero-order valence-electron chi connectivity index (χ0n) is 15.0. The summed E-state index contributed by atoms with van der Waals surface area (Å²) in [7, 11) is 3.45. The van der Waals surface area contributed by atoms with Crippen LogP contribution in [0.25, 0.3) is 11.6 Å². The molecular weight excluding hydrogens is 362 g/mol. The van der Waals surface area contributed by atoms with Crippen LogP contribution in [0.5, 0.6) is 0 Å². The number of hydrogen-bond acceptors (Lipinski definition) is 5. The van der Waals surface area contributed by atoms with E-state index in [1.54, 1.807) is 38.6 Å². The zero-order chi connectivity index (χ0) is 19.0. The molecule has 0 unspecified atom stereocenters. The number of benzene rings is 1. The van der Waals surface area contributed by atoms with Gasteiger partial charge in [-0.05, 0) is 47.6 Å². The zero-order valence-corrected chi connectivity index (χ0v) is 15.8. The van der Waals surface area contributed by atoms with Gasteiger partial charge in [0.25, 0.3) is 5.91 Å². The highest BCUT2D eigenvalue weighted by Crippen LogP contribution is 2.54. The molecular formula is C20H18ClN5O. The van der Waals surface area contributed by atoms with Crippen molar-refractivity contribution in [3.05, 3.63) is 70.8 Å². The monoisotopic (exact) mass is 379 g/mol. The average Bonchev–Trinajstić information content (AvgIpc) is 3.49. The van der Waals surface area contributed by atoms with Crippen LogP contribution in [-0.2, 0) is 0 Å². The number of rotatable bonds is 4. The Balaban J connectivity index is 1.53. The van der Waals surface area contributed by atoms with Crippen LogP contribution in [-0.4, -0.2) is 44.8 Å². The average molecular weight is 380 g/mol. The molecule has 0 bridgehead atoms. The van der Waals surface area contributed by atoms with Crippen LogP contribution < -0.4 is 0 Å². The lowest BCUT2D eigenvalue weighted by molar-refractivity contribution is 0.0827. The second-order valence-electron chi connectivity index (χ2n) is 6.80. The minimum atomic E-state index is -0.0883. The quantitative estimate of drug-likeness (QED) is 0.693. The molecule has 1 saturated carbocycles. The lowest BCUT2D eigenvalue weighted by Gasteiger charge is -2.13. The molecule has 1 aromatic carbocycles. The van der Waals surface area contributed by atoms with Gasteiger partial charge in [-0.1, -0.05) is 17.7 Å². The molecule has 0 spiro atoms. The first-order valence-corrected chi connectivity index (χ1v) is 9.03. The van der Waals surface area contributed by atoms with Gasteiger partial charge in [-0.2, -0.15) is 0 Å². The van der Waals surface area contributed by atoms with Gasteiger partial charge in [0.1, 0.15) is 0 Å². The van der Waals surface area contributed by atoms with Crippen molar-refractivity contribution in [1.82, 2.24) is 24.8 Å². The molecule has 4 rings (SSSR count). The van der Waals surface area contributed by atoms with Crippen molar-refractivity contribution in [1.29, 1.82) is 0 Å². The summed E-state index contributed by atoms with van der Waals surface area (Å²) in [6.45, 7) is 0. The van der Waals surface area contributed by atoms with E-state index >= 15 is 0 Å². The summed E-state index contributed by atoms with van der Waals surface area (Å²) in [6, 6.07) is 7.46. The summed E-state index contributed by atoms with van der Waals surface area (Å²) >= 11 is 6.21. The number of carbonyl (C=O) groups is 1. The van der Waals surface area contributed by atoms with E-state index in [4.69, 9.17) is 11.6 Å². The third-order valence-electron chi connectivity index (χ3n) is 4.71. The Bertz CT molecular complexity index is 975. The number of halogens is 1. The molecule has 2 atom stereocenters. The number of amides is 1. The van der Waals surface area contributed by atoms with Crippen LogP contribution in [0.3, 0.4) is 0 Å². The third kappa shape index (κ3) is 3.53. The van der Waals surface area contributed by atoms with Crippen LogP contribution >= 0.6 is 11.6 Å². The van der Waals surface area contributed by atoms with Crippen molar-refractivity contribution < 1.29 is 4.79 Å². The molecule has 27 heavy (non-hydrogen) atoms. The maximum Gasteiger partial charge on any atom is 0.254 e. The summed E-state index contributed by atoms with van der Waals surface area (Å²) in [6.07, 6.45) is 8.02. The van der Waals surface area contributed by atoms with Crippen molar-refractivity contribution in [2.45, 2.75) is 18.3 Å². The Labute approximate surface area is 162 Å². The molecule has 2 aromatic heterocycles. The number of hydrogen-bond donors (Lipinski definition) is 0. The van der Waals surface area contributed by atoms with E-state index in [9.17, 15) is 4.79 Å². The third-order valence-corrected chi connectivity index (χ3v) is 5.04. The highest BCUT2D eigenvalue weighted by atomic mass is 35.5. The van der Waals surface area contributed by atoms with E-state index < -0.39 is 0 Å². The fraction of sp³-hybridized carbons (Fsp3) is 0.250. The minimum absolute atomic E-state index is 0.0883. The lowest BCUT2D eigenvalue weighted by atomic mass is 10.0. The lowest BCUT2D eigenvalue weighted by Crippen LogP contribution is -2.22. The Kier molecular flexibility index (Phi) is 4.58. The Morgan fingerprint density at radius 3 is 2.30 bits per heavy atom. The first kappa shape index (κ1) is 17.5. The number of aromatic nitrogens is 4. The maximum atomic E-state index is 12.3. The van der Waals surface area contributed by atoms with Gasteiger partial charge in [-0.15, -0.1) is 0 Å². The molecule has 0 N–H and O–H groups in total. The Hall–Kier alpha value is -2.86. The highest BCUT2D eigenvalue weighted by Gasteiger charge is 2.40. The van der Waals surface area contributed by atoms with E-state index in [1.807, 2.05) is 24.5 Å². The fourth-order valence-corrected chi connectivity index (χ4v) is 3.37. The normalized spacial score (nSPS) is 18.2. The topological polar surface area (TPSA) is 71.9 Å². The van der Waals surface area contributed by atoms with E-state index in [0.29, 0.717) is 34.1 Å². The summed E-state index contributed by atoms with van der Waals surface area (Å²) in [4.78, 5) is 31.0. The van der Waals surface area contributed by atoms with Crippen LogP contribution in [0, 0.1) is 0 Å². The van der Waals surface area contributed by atoms with Crippen molar-refractivity contribution in [2.24, 2.45) is 0 Å². The molecule has 0 saturated heterocycles. The second kappa shape index (κ2) is 7.04. The van der Waals surface area contributed by atoms with E-state index in [-0.39, 0.29) is 5.91 Å². The van der Waals surface area contributed by atoms with Crippen molar-refractivity contribution >= 4 is 17.5 Å². The van der Waals surface area contributed by atoms with Gasteiger partial charge in [-0.25, -0.2) is 19.9 Å². The Morgan fingerprint density at radius 2 is 1.63 bits per heavy atom. The van der Waals surface area contributed by atoms with Crippen molar-refractivity contribution in [2.75, 3.05) is 14.1 Å². The molecule has 1 aliphatic carbocycles. The van der Waals surface area contributed by atoms with Gasteiger partial charge in [0.2, 0.25) is 0 Å².